The molecule has 122 valence electrons. The molecule has 6 heteroatoms. The van der Waals surface area contributed by atoms with Crippen LogP contribution >= 0.6 is 0 Å². The van der Waals surface area contributed by atoms with Crippen LogP contribution < -0.4 is 11.1 Å². The maximum Gasteiger partial charge on any atom is 0.188 e. The van der Waals surface area contributed by atoms with E-state index >= 15 is 0 Å². The first-order chi connectivity index (χ1) is 10.6. The Morgan fingerprint density at radius 3 is 2.77 bits per heavy atom. The Morgan fingerprint density at radius 1 is 1.45 bits per heavy atom. The van der Waals surface area contributed by atoms with E-state index in [1.807, 2.05) is 26.0 Å². The summed E-state index contributed by atoms with van der Waals surface area (Å²) < 4.78 is 11.2. The van der Waals surface area contributed by atoms with Crippen molar-refractivity contribution >= 4 is 5.96 Å². The first kappa shape index (κ1) is 16.6. The van der Waals surface area contributed by atoms with Gasteiger partial charge in [0.15, 0.2) is 5.96 Å². The summed E-state index contributed by atoms with van der Waals surface area (Å²) >= 11 is 0. The van der Waals surface area contributed by atoms with Gasteiger partial charge in [-0.05, 0) is 26.0 Å². The molecular formula is C16H26N4O2. The highest BCUT2D eigenvalue weighted by Gasteiger charge is 2.25. The smallest absolute Gasteiger partial charge is 0.188 e. The van der Waals surface area contributed by atoms with Crippen molar-refractivity contribution in [2.24, 2.45) is 10.7 Å². The van der Waals surface area contributed by atoms with Crippen LogP contribution in [-0.2, 0) is 4.74 Å². The lowest BCUT2D eigenvalue weighted by Gasteiger charge is -2.32. The molecule has 1 aliphatic rings. The largest absolute Gasteiger partial charge is 0.465 e. The van der Waals surface area contributed by atoms with E-state index in [1.54, 1.807) is 0 Å². The molecule has 1 aliphatic heterocycles. The van der Waals surface area contributed by atoms with Gasteiger partial charge in [0.05, 0.1) is 25.8 Å². The van der Waals surface area contributed by atoms with Crippen LogP contribution in [-0.4, -0.2) is 50.3 Å². The molecule has 0 aliphatic carbocycles. The number of aliphatic imine (C=N–C) groups is 1. The third-order valence-electron chi connectivity index (χ3n) is 3.58. The van der Waals surface area contributed by atoms with Gasteiger partial charge in [0.2, 0.25) is 0 Å². The van der Waals surface area contributed by atoms with Gasteiger partial charge in [0.25, 0.3) is 0 Å². The van der Waals surface area contributed by atoms with Gasteiger partial charge in [-0.15, -0.1) is 0 Å². The Morgan fingerprint density at radius 2 is 2.18 bits per heavy atom. The molecule has 3 N–H and O–H groups in total. The number of guanidine groups is 1. The number of morpholine rings is 1. The van der Waals surface area contributed by atoms with Crippen LogP contribution in [0.15, 0.2) is 33.7 Å². The predicted octanol–water partition coefficient (Wildman–Crippen LogP) is 1.44. The molecule has 0 radical (unpaired) electrons. The molecule has 1 unspecified atom stereocenters. The minimum Gasteiger partial charge on any atom is -0.465 e. The van der Waals surface area contributed by atoms with Crippen LogP contribution in [0.25, 0.3) is 0 Å². The third-order valence-corrected chi connectivity index (χ3v) is 3.58. The fraction of sp³-hybridized carbons (Fsp3) is 0.562. The molecule has 1 fully saturated rings. The quantitative estimate of drug-likeness (QED) is 0.472. The predicted molar refractivity (Wildman–Crippen MR) is 87.9 cm³/mol. The maximum absolute atomic E-state index is 5.91. The van der Waals surface area contributed by atoms with E-state index in [9.17, 15) is 0 Å². The first-order valence-electron chi connectivity index (χ1n) is 7.62. The van der Waals surface area contributed by atoms with Crippen LogP contribution in [0.3, 0.4) is 0 Å². The normalized spacial score (nSPS) is 18.2. The van der Waals surface area contributed by atoms with E-state index in [0.717, 1.165) is 43.4 Å². The second-order valence-electron chi connectivity index (χ2n) is 5.65. The molecule has 2 heterocycles. The number of furan rings is 1. The molecule has 1 atom stereocenters. The Balaban J connectivity index is 2.04. The number of nitrogens with zero attached hydrogens (tertiary/aromatic N) is 2. The van der Waals surface area contributed by atoms with Crippen LogP contribution in [0.2, 0.25) is 0 Å². The summed E-state index contributed by atoms with van der Waals surface area (Å²) in [5.74, 6) is 2.27. The Labute approximate surface area is 132 Å². The van der Waals surface area contributed by atoms with Crippen molar-refractivity contribution in [3.05, 3.63) is 35.8 Å². The third kappa shape index (κ3) is 4.89. The fourth-order valence-electron chi connectivity index (χ4n) is 2.39. The average molecular weight is 306 g/mol. The van der Waals surface area contributed by atoms with Gasteiger partial charge in [0.1, 0.15) is 11.5 Å². The molecule has 0 amide bonds. The summed E-state index contributed by atoms with van der Waals surface area (Å²) in [6.07, 6.45) is 0. The van der Waals surface area contributed by atoms with Gasteiger partial charge >= 0.3 is 0 Å². The zero-order chi connectivity index (χ0) is 15.9. The molecular weight excluding hydrogens is 280 g/mol. The number of rotatable bonds is 6. The molecule has 0 saturated carbocycles. The maximum atomic E-state index is 5.91. The fourth-order valence-corrected chi connectivity index (χ4v) is 2.39. The lowest BCUT2D eigenvalue weighted by Crippen LogP contribution is -2.41. The number of nitrogens with one attached hydrogen (secondary N) is 1. The highest BCUT2D eigenvalue weighted by Crippen LogP contribution is 2.24. The lowest BCUT2D eigenvalue weighted by atomic mass is 10.1. The zero-order valence-corrected chi connectivity index (χ0v) is 13.5. The molecule has 1 aromatic rings. The van der Waals surface area contributed by atoms with Gasteiger partial charge < -0.3 is 20.2 Å². The summed E-state index contributed by atoms with van der Waals surface area (Å²) in [5.41, 5.74) is 6.93. The van der Waals surface area contributed by atoms with Gasteiger partial charge in [-0.1, -0.05) is 12.2 Å². The Bertz CT molecular complexity index is 518. The van der Waals surface area contributed by atoms with E-state index in [4.69, 9.17) is 14.9 Å². The molecule has 0 spiro atoms. The Hall–Kier alpha value is -1.79. The average Bonchev–Trinajstić information content (AvgIpc) is 2.93. The van der Waals surface area contributed by atoms with Crippen molar-refractivity contribution in [2.45, 2.75) is 19.9 Å². The number of hydrogen-bond donors (Lipinski definition) is 2. The number of ether oxygens (including phenoxy) is 1. The second kappa shape index (κ2) is 8.00. The molecule has 1 saturated heterocycles. The van der Waals surface area contributed by atoms with Gasteiger partial charge in [0, 0.05) is 19.6 Å². The topological polar surface area (TPSA) is 76.0 Å². The van der Waals surface area contributed by atoms with Crippen molar-refractivity contribution in [3.8, 4) is 0 Å². The molecule has 1 aromatic heterocycles. The van der Waals surface area contributed by atoms with E-state index in [0.29, 0.717) is 19.0 Å². The monoisotopic (exact) mass is 306 g/mol. The highest BCUT2D eigenvalue weighted by atomic mass is 16.5. The molecule has 2 rings (SSSR count). The van der Waals surface area contributed by atoms with E-state index in [1.165, 1.54) is 0 Å². The van der Waals surface area contributed by atoms with Gasteiger partial charge in [-0.25, -0.2) is 0 Å². The molecule has 22 heavy (non-hydrogen) atoms. The van der Waals surface area contributed by atoms with Crippen molar-refractivity contribution < 1.29 is 9.15 Å². The van der Waals surface area contributed by atoms with Crippen LogP contribution in [0.4, 0.5) is 0 Å². The van der Waals surface area contributed by atoms with Crippen molar-refractivity contribution in [3.63, 3.8) is 0 Å². The van der Waals surface area contributed by atoms with E-state index < -0.39 is 0 Å². The molecule has 0 aromatic carbocycles. The summed E-state index contributed by atoms with van der Waals surface area (Å²) in [6.45, 7) is 12.2. The summed E-state index contributed by atoms with van der Waals surface area (Å²) in [4.78, 5) is 6.79. The van der Waals surface area contributed by atoms with Gasteiger partial charge in [-0.3, -0.25) is 9.89 Å². The van der Waals surface area contributed by atoms with E-state index in [2.05, 4.69) is 21.8 Å². The molecule has 6 nitrogen and oxygen atoms in total. The lowest BCUT2D eigenvalue weighted by molar-refractivity contribution is 0.0135. The van der Waals surface area contributed by atoms with Crippen LogP contribution in [0, 0.1) is 6.92 Å². The minimum atomic E-state index is 0.0859. The number of hydrogen-bond acceptors (Lipinski definition) is 4. The standard InChI is InChI=1S/C16H26N4O2/c1-12(2)10-18-16(17)19-11-14(15-5-4-13(3)22-15)20-6-8-21-9-7-20/h4-5,14H,1,6-11H2,2-3H3,(H3,17,18,19). The zero-order valence-electron chi connectivity index (χ0n) is 13.5. The highest BCUT2D eigenvalue weighted by molar-refractivity contribution is 5.78. The van der Waals surface area contributed by atoms with Crippen LogP contribution in [0.1, 0.15) is 24.5 Å². The summed E-state index contributed by atoms with van der Waals surface area (Å²) in [7, 11) is 0. The van der Waals surface area contributed by atoms with Crippen molar-refractivity contribution in [1.29, 1.82) is 0 Å². The number of aryl methyl sites for hydroxylation is 1. The minimum absolute atomic E-state index is 0.0859. The number of nitrogens with two attached hydrogens (primary N) is 1. The summed E-state index contributed by atoms with van der Waals surface area (Å²) in [5, 5.41) is 3.05. The van der Waals surface area contributed by atoms with E-state index in [-0.39, 0.29) is 6.04 Å². The SMILES string of the molecule is C=C(C)CNC(N)=NCC(c1ccc(C)o1)N1CCOCC1. The summed E-state index contributed by atoms with van der Waals surface area (Å²) in [6, 6.07) is 4.08. The first-order valence-corrected chi connectivity index (χ1v) is 7.62. The van der Waals surface area contributed by atoms with Crippen molar-refractivity contribution in [2.75, 3.05) is 39.4 Å². The second-order valence-corrected chi connectivity index (χ2v) is 5.65. The van der Waals surface area contributed by atoms with Gasteiger partial charge in [-0.2, -0.15) is 0 Å². The Kier molecular flexibility index (Phi) is 6.03. The van der Waals surface area contributed by atoms with Crippen LogP contribution in [0.5, 0.6) is 0 Å². The van der Waals surface area contributed by atoms with Crippen molar-refractivity contribution in [1.82, 2.24) is 10.2 Å². The molecule has 0 bridgehead atoms.